The number of aliphatic hydroxyl groups excluding tert-OH is 1. The van der Waals surface area contributed by atoms with Gasteiger partial charge in [0, 0.05) is 18.7 Å². The van der Waals surface area contributed by atoms with E-state index in [1.54, 1.807) is 7.05 Å². The van der Waals surface area contributed by atoms with Crippen LogP contribution in [0.15, 0.2) is 84.9 Å². The Kier molecular flexibility index (Phi) is 7.29. The van der Waals surface area contributed by atoms with Crippen LogP contribution in [-0.2, 0) is 14.4 Å². The van der Waals surface area contributed by atoms with Crippen LogP contribution in [0.4, 0.5) is 5.69 Å². The van der Waals surface area contributed by atoms with Gasteiger partial charge in [0.2, 0.25) is 17.7 Å². The number of anilines is 1. The summed E-state index contributed by atoms with van der Waals surface area (Å²) in [7, 11) is 1.57. The van der Waals surface area contributed by atoms with Crippen molar-refractivity contribution in [2.45, 2.75) is 25.4 Å². The van der Waals surface area contributed by atoms with E-state index in [9.17, 15) is 19.5 Å². The molecule has 1 saturated heterocycles. The highest BCUT2D eigenvalue weighted by Crippen LogP contribution is 2.47. The molecule has 1 aliphatic heterocycles. The third-order valence-corrected chi connectivity index (χ3v) is 8.05. The predicted molar refractivity (Wildman–Crippen MR) is 147 cm³/mol. The van der Waals surface area contributed by atoms with Crippen molar-refractivity contribution in [3.05, 3.63) is 90.5 Å². The summed E-state index contributed by atoms with van der Waals surface area (Å²) >= 11 is 0. The molecule has 1 aliphatic carbocycles. The molecule has 0 bridgehead atoms. The van der Waals surface area contributed by atoms with Gasteiger partial charge in [-0.15, -0.1) is 0 Å². The third-order valence-electron chi connectivity index (χ3n) is 8.05. The van der Waals surface area contributed by atoms with Gasteiger partial charge in [-0.1, -0.05) is 79.7 Å². The second kappa shape index (κ2) is 10.8. The number of benzene rings is 3. The zero-order chi connectivity index (χ0) is 26.8. The topological polar surface area (TPSA) is 98.7 Å². The van der Waals surface area contributed by atoms with E-state index in [4.69, 9.17) is 0 Å². The molecule has 3 aromatic carbocycles. The number of carbonyl (C=O) groups excluding carboxylic acids is 3. The molecule has 3 N–H and O–H groups in total. The molecule has 3 amide bonds. The molecule has 1 heterocycles. The number of aliphatic hydroxyl groups is 1. The lowest BCUT2D eigenvalue weighted by molar-refractivity contribution is -0.143. The second-order valence-corrected chi connectivity index (χ2v) is 10.1. The zero-order valence-electron chi connectivity index (χ0n) is 21.6. The maximum Gasteiger partial charge on any atom is 0.247 e. The maximum atomic E-state index is 14.2. The van der Waals surface area contributed by atoms with Crippen LogP contribution in [0.25, 0.3) is 10.8 Å². The molecule has 196 valence electrons. The van der Waals surface area contributed by atoms with Crippen LogP contribution in [0.3, 0.4) is 0 Å². The molecule has 6 atom stereocenters. The fourth-order valence-corrected chi connectivity index (χ4v) is 6.21. The van der Waals surface area contributed by atoms with Crippen molar-refractivity contribution < 1.29 is 19.5 Å². The second-order valence-electron chi connectivity index (χ2n) is 10.1. The summed E-state index contributed by atoms with van der Waals surface area (Å²) in [6.07, 6.45) is 4.60. The van der Waals surface area contributed by atoms with Crippen molar-refractivity contribution in [1.29, 1.82) is 0 Å². The molecule has 5 rings (SSSR count). The molecule has 2 aliphatic rings. The Morgan fingerprint density at radius 2 is 1.66 bits per heavy atom. The number of allylic oxidation sites excluding steroid dienone is 1. The van der Waals surface area contributed by atoms with E-state index >= 15 is 0 Å². The Morgan fingerprint density at radius 1 is 0.947 bits per heavy atom. The fraction of sp³-hybridized carbons (Fsp3) is 0.323. The van der Waals surface area contributed by atoms with E-state index in [0.29, 0.717) is 12.1 Å². The average Bonchev–Trinajstić information content (AvgIpc) is 3.25. The number of carbonyl (C=O) groups is 3. The summed E-state index contributed by atoms with van der Waals surface area (Å²) in [5.41, 5.74) is 1.36. The molecule has 7 nitrogen and oxygen atoms in total. The summed E-state index contributed by atoms with van der Waals surface area (Å²) in [4.78, 5) is 42.7. The Hall–Kier alpha value is -3.97. The van der Waals surface area contributed by atoms with Crippen LogP contribution >= 0.6 is 0 Å². The van der Waals surface area contributed by atoms with Gasteiger partial charge in [0.1, 0.15) is 6.04 Å². The van der Waals surface area contributed by atoms with Crippen LogP contribution in [0.5, 0.6) is 0 Å². The van der Waals surface area contributed by atoms with E-state index in [1.807, 2.05) is 91.9 Å². The lowest BCUT2D eigenvalue weighted by Gasteiger charge is -2.34. The molecule has 1 fully saturated rings. The quantitative estimate of drug-likeness (QED) is 0.419. The van der Waals surface area contributed by atoms with Gasteiger partial charge in [0.25, 0.3) is 0 Å². The summed E-state index contributed by atoms with van der Waals surface area (Å²) in [6.45, 7) is 1.65. The molecule has 7 heteroatoms. The molecule has 0 saturated carbocycles. The van der Waals surface area contributed by atoms with E-state index in [1.165, 1.54) is 4.90 Å². The van der Waals surface area contributed by atoms with Gasteiger partial charge in [-0.25, -0.2) is 0 Å². The summed E-state index contributed by atoms with van der Waals surface area (Å²) in [5, 5.41) is 18.3. The largest absolute Gasteiger partial charge is 0.394 e. The summed E-state index contributed by atoms with van der Waals surface area (Å²) < 4.78 is 0. The summed E-state index contributed by atoms with van der Waals surface area (Å²) in [5.74, 6) is -2.75. The highest BCUT2D eigenvalue weighted by molar-refractivity contribution is 6.03. The van der Waals surface area contributed by atoms with Crippen LogP contribution in [0.2, 0.25) is 0 Å². The number of rotatable bonds is 7. The van der Waals surface area contributed by atoms with E-state index < -0.39 is 29.8 Å². The average molecular weight is 512 g/mol. The van der Waals surface area contributed by atoms with E-state index in [-0.39, 0.29) is 30.2 Å². The number of nitrogens with zero attached hydrogens (tertiary/aromatic N) is 1. The lowest BCUT2D eigenvalue weighted by Crippen LogP contribution is -2.46. The molecule has 0 unspecified atom stereocenters. The Morgan fingerprint density at radius 3 is 2.34 bits per heavy atom. The maximum absolute atomic E-state index is 14.2. The van der Waals surface area contributed by atoms with Gasteiger partial charge in [-0.3, -0.25) is 14.4 Å². The Balaban J connectivity index is 1.57. The highest BCUT2D eigenvalue weighted by atomic mass is 16.3. The Labute approximate surface area is 222 Å². The van der Waals surface area contributed by atoms with Crippen molar-refractivity contribution in [2.24, 2.45) is 23.7 Å². The smallest absolute Gasteiger partial charge is 0.247 e. The van der Waals surface area contributed by atoms with Crippen LogP contribution in [-0.4, -0.2) is 47.4 Å². The number of hydrogen-bond acceptors (Lipinski definition) is 4. The molecule has 0 aromatic heterocycles. The van der Waals surface area contributed by atoms with Gasteiger partial charge >= 0.3 is 0 Å². The van der Waals surface area contributed by atoms with Gasteiger partial charge in [-0.2, -0.15) is 0 Å². The monoisotopic (exact) mass is 511 g/mol. The number of nitrogens with one attached hydrogen (secondary N) is 2. The summed E-state index contributed by atoms with van der Waals surface area (Å²) in [6, 6.07) is 21.2. The van der Waals surface area contributed by atoms with Gasteiger partial charge in [0.05, 0.1) is 24.5 Å². The Bertz CT molecular complexity index is 1370. The van der Waals surface area contributed by atoms with E-state index in [0.717, 1.165) is 16.3 Å². The van der Waals surface area contributed by atoms with Crippen molar-refractivity contribution in [2.75, 3.05) is 19.0 Å². The first-order valence-corrected chi connectivity index (χ1v) is 13.2. The van der Waals surface area contributed by atoms with Crippen molar-refractivity contribution in [1.82, 2.24) is 10.2 Å². The minimum Gasteiger partial charge on any atom is -0.394 e. The first-order chi connectivity index (χ1) is 18.5. The molecule has 3 aromatic rings. The highest BCUT2D eigenvalue weighted by Gasteiger charge is 2.58. The van der Waals surface area contributed by atoms with Gasteiger partial charge in [0.15, 0.2) is 0 Å². The fourth-order valence-electron chi connectivity index (χ4n) is 6.21. The zero-order valence-corrected chi connectivity index (χ0v) is 21.6. The van der Waals surface area contributed by atoms with Gasteiger partial charge < -0.3 is 20.6 Å². The van der Waals surface area contributed by atoms with Crippen molar-refractivity contribution >= 4 is 34.2 Å². The van der Waals surface area contributed by atoms with Crippen LogP contribution in [0, 0.1) is 23.7 Å². The standard InChI is InChI=1S/C31H33N3O4/c1-3-19-14-16-24-27(26(19)29(36)32-2)31(38)34(25(18-35)21-10-5-4-6-11-21)28(24)30(37)33-23-15-13-20-9-7-8-12-22(20)17-23/h4-17,19,24-28,35H,3,18H2,1-2H3,(H,32,36)(H,33,37)/t19-,24+,25-,26-,27+,28+/m1/s1. The van der Waals surface area contributed by atoms with Crippen LogP contribution in [0.1, 0.15) is 24.9 Å². The van der Waals surface area contributed by atoms with Crippen LogP contribution < -0.4 is 10.6 Å². The first-order valence-electron chi connectivity index (χ1n) is 13.2. The number of hydrogen-bond donors (Lipinski definition) is 3. The molecule has 38 heavy (non-hydrogen) atoms. The van der Waals surface area contributed by atoms with Crippen molar-refractivity contribution in [3.8, 4) is 0 Å². The third kappa shape index (κ3) is 4.47. The molecular formula is C31H33N3O4. The minimum absolute atomic E-state index is 0.117. The number of amides is 3. The van der Waals surface area contributed by atoms with Crippen molar-refractivity contribution in [3.63, 3.8) is 0 Å². The predicted octanol–water partition coefficient (Wildman–Crippen LogP) is 3.91. The van der Waals surface area contributed by atoms with E-state index in [2.05, 4.69) is 10.6 Å². The number of fused-ring (bicyclic) bond motifs is 2. The SMILES string of the molecule is CC[C@@H]1C=C[C@H]2[C@H](C(=O)N([C@H](CO)c3ccccc3)[C@@H]2C(=O)Nc2ccc3ccccc3c2)[C@@H]1C(=O)NC. The lowest BCUT2D eigenvalue weighted by atomic mass is 9.69. The molecular weight excluding hydrogens is 478 g/mol. The minimum atomic E-state index is -0.891. The normalized spacial score (nSPS) is 25.2. The van der Waals surface area contributed by atoms with Gasteiger partial charge in [-0.05, 0) is 40.8 Å². The number of likely N-dealkylation sites (tertiary alicyclic amines) is 1. The molecule has 0 radical (unpaired) electrons. The molecule has 0 spiro atoms. The first kappa shape index (κ1) is 25.7.